The smallest absolute Gasteiger partial charge is 0.254 e. The summed E-state index contributed by atoms with van der Waals surface area (Å²) in [6, 6.07) is 1.91. The first-order valence-corrected chi connectivity index (χ1v) is 10.4. The van der Waals surface area contributed by atoms with Crippen molar-refractivity contribution in [1.29, 1.82) is 0 Å². The lowest BCUT2D eigenvalue weighted by Crippen LogP contribution is -2.35. The largest absolute Gasteiger partial charge is 0.382 e. The predicted molar refractivity (Wildman–Crippen MR) is 120 cm³/mol. The Labute approximate surface area is 185 Å². The van der Waals surface area contributed by atoms with Crippen molar-refractivity contribution in [2.75, 3.05) is 11.9 Å². The van der Waals surface area contributed by atoms with Crippen LogP contribution in [0.3, 0.4) is 0 Å². The van der Waals surface area contributed by atoms with Gasteiger partial charge in [-0.05, 0) is 33.3 Å². The van der Waals surface area contributed by atoms with Crippen molar-refractivity contribution in [3.8, 4) is 11.3 Å². The van der Waals surface area contributed by atoms with Crippen molar-refractivity contribution >= 4 is 34.7 Å². The molecule has 0 aliphatic rings. The average Bonchev–Trinajstić information content (AvgIpc) is 3.09. The zero-order valence-electron chi connectivity index (χ0n) is 17.9. The first-order chi connectivity index (χ1) is 14.7. The van der Waals surface area contributed by atoms with Crippen LogP contribution in [0.15, 0.2) is 30.9 Å². The number of anilines is 1. The summed E-state index contributed by atoms with van der Waals surface area (Å²) in [6.07, 6.45) is 7.07. The minimum Gasteiger partial charge on any atom is -0.382 e. The van der Waals surface area contributed by atoms with Crippen LogP contribution in [0.25, 0.3) is 16.9 Å². The van der Waals surface area contributed by atoms with Crippen molar-refractivity contribution in [2.24, 2.45) is 0 Å². The lowest BCUT2D eigenvalue weighted by Gasteiger charge is -2.16. The number of halogens is 1. The number of amides is 2. The second-order valence-electron chi connectivity index (χ2n) is 7.66. The van der Waals surface area contributed by atoms with E-state index in [-0.39, 0.29) is 23.9 Å². The molecule has 0 radical (unpaired) electrons. The Morgan fingerprint density at radius 3 is 2.65 bits per heavy atom. The van der Waals surface area contributed by atoms with E-state index in [4.69, 9.17) is 11.6 Å². The Bertz CT molecular complexity index is 1100. The van der Waals surface area contributed by atoms with Crippen LogP contribution in [0.5, 0.6) is 0 Å². The number of aromatic nitrogens is 4. The van der Waals surface area contributed by atoms with Crippen LogP contribution < -0.4 is 16.0 Å². The Hall–Kier alpha value is -3.20. The molecule has 3 N–H and O–H groups in total. The number of nitrogens with zero attached hydrogens (tertiary/aromatic N) is 4. The quantitative estimate of drug-likeness (QED) is 0.493. The van der Waals surface area contributed by atoms with E-state index in [0.717, 1.165) is 5.56 Å². The number of nitrogens with one attached hydrogen (secondary N) is 3. The molecule has 0 saturated heterocycles. The molecule has 0 saturated carbocycles. The van der Waals surface area contributed by atoms with Gasteiger partial charge in [0.1, 0.15) is 0 Å². The summed E-state index contributed by atoms with van der Waals surface area (Å²) >= 11 is 5.98. The molecule has 3 aromatic heterocycles. The van der Waals surface area contributed by atoms with E-state index in [2.05, 4.69) is 31.0 Å². The van der Waals surface area contributed by atoms with Crippen molar-refractivity contribution in [3.63, 3.8) is 0 Å². The Balaban J connectivity index is 1.82. The fraction of sp³-hybridized carbons (Fsp3) is 0.381. The van der Waals surface area contributed by atoms with Crippen molar-refractivity contribution < 1.29 is 9.59 Å². The second kappa shape index (κ2) is 9.74. The molecular weight excluding hydrogens is 418 g/mol. The number of pyridine rings is 1. The van der Waals surface area contributed by atoms with Gasteiger partial charge < -0.3 is 16.0 Å². The fourth-order valence-electron chi connectivity index (χ4n) is 3.16. The number of carbonyl (C=O) groups is 2. The van der Waals surface area contributed by atoms with Gasteiger partial charge in [-0.1, -0.05) is 11.6 Å². The highest BCUT2D eigenvalue weighted by atomic mass is 35.5. The molecule has 0 spiro atoms. The van der Waals surface area contributed by atoms with Gasteiger partial charge in [-0.25, -0.2) is 9.50 Å². The van der Waals surface area contributed by atoms with Gasteiger partial charge in [0.2, 0.25) is 5.91 Å². The van der Waals surface area contributed by atoms with E-state index in [0.29, 0.717) is 40.6 Å². The van der Waals surface area contributed by atoms with E-state index in [1.165, 1.54) is 6.92 Å². The Morgan fingerprint density at radius 2 is 1.94 bits per heavy atom. The lowest BCUT2D eigenvalue weighted by atomic mass is 10.1. The van der Waals surface area contributed by atoms with Crippen LogP contribution in [0.4, 0.5) is 5.69 Å². The minimum atomic E-state index is -0.234. The zero-order valence-corrected chi connectivity index (χ0v) is 18.7. The number of rotatable bonds is 8. The number of hydrogen-bond donors (Lipinski definition) is 3. The SMILES string of the molecule is CC(=O)NC(C)CCNC(=O)c1cnc(-c2cnn3cc(Cl)cnc23)cc1NC(C)C. The zero-order chi connectivity index (χ0) is 22.5. The van der Waals surface area contributed by atoms with Gasteiger partial charge in [0.25, 0.3) is 5.91 Å². The maximum atomic E-state index is 12.8. The lowest BCUT2D eigenvalue weighted by molar-refractivity contribution is -0.119. The highest BCUT2D eigenvalue weighted by Gasteiger charge is 2.17. The summed E-state index contributed by atoms with van der Waals surface area (Å²) in [6.45, 7) is 7.79. The molecule has 0 fully saturated rings. The summed E-state index contributed by atoms with van der Waals surface area (Å²) in [7, 11) is 0. The van der Waals surface area contributed by atoms with E-state index in [9.17, 15) is 9.59 Å². The van der Waals surface area contributed by atoms with Crippen LogP contribution >= 0.6 is 11.6 Å². The number of carbonyl (C=O) groups excluding carboxylic acids is 2. The van der Waals surface area contributed by atoms with Crippen LogP contribution in [0.1, 0.15) is 44.5 Å². The van der Waals surface area contributed by atoms with Gasteiger partial charge in [0.05, 0.1) is 39.9 Å². The summed E-state index contributed by atoms with van der Waals surface area (Å²) < 4.78 is 1.59. The molecule has 10 heteroatoms. The van der Waals surface area contributed by atoms with E-state index < -0.39 is 0 Å². The van der Waals surface area contributed by atoms with Crippen molar-refractivity contribution in [2.45, 2.75) is 46.2 Å². The third kappa shape index (κ3) is 5.69. The summed E-state index contributed by atoms with van der Waals surface area (Å²) in [5.74, 6) is -0.325. The molecule has 0 aliphatic carbocycles. The third-order valence-electron chi connectivity index (χ3n) is 4.51. The van der Waals surface area contributed by atoms with Crippen LogP contribution in [-0.4, -0.2) is 50.0 Å². The third-order valence-corrected chi connectivity index (χ3v) is 4.70. The van der Waals surface area contributed by atoms with Crippen molar-refractivity contribution in [3.05, 3.63) is 41.4 Å². The normalized spacial score (nSPS) is 12.1. The molecule has 0 aromatic carbocycles. The van der Waals surface area contributed by atoms with E-state index >= 15 is 0 Å². The fourth-order valence-corrected chi connectivity index (χ4v) is 3.30. The molecule has 3 heterocycles. The maximum Gasteiger partial charge on any atom is 0.254 e. The second-order valence-corrected chi connectivity index (χ2v) is 8.10. The Kier molecular flexibility index (Phi) is 7.06. The number of fused-ring (bicyclic) bond motifs is 1. The van der Waals surface area contributed by atoms with E-state index in [1.807, 2.05) is 26.8 Å². The van der Waals surface area contributed by atoms with Crippen LogP contribution in [0, 0.1) is 0 Å². The molecule has 1 atom stereocenters. The average molecular weight is 444 g/mol. The molecule has 3 rings (SSSR count). The molecule has 164 valence electrons. The monoisotopic (exact) mass is 443 g/mol. The minimum absolute atomic E-state index is 0.0248. The standard InChI is InChI=1S/C21H26ClN7O2/c1-12(2)27-19-7-18(16-10-26-29-11-15(22)8-25-20(16)29)24-9-17(19)21(31)23-6-5-13(3)28-14(4)30/h7-13H,5-6H2,1-4H3,(H,23,31)(H,24,27)(H,28,30). The van der Waals surface area contributed by atoms with E-state index in [1.54, 1.807) is 29.3 Å². The highest BCUT2D eigenvalue weighted by molar-refractivity contribution is 6.30. The van der Waals surface area contributed by atoms with Gasteiger partial charge in [-0.15, -0.1) is 0 Å². The summed E-state index contributed by atoms with van der Waals surface area (Å²) in [5, 5.41) is 13.8. The van der Waals surface area contributed by atoms with Gasteiger partial charge in [0, 0.05) is 37.9 Å². The maximum absolute atomic E-state index is 12.8. The summed E-state index contributed by atoms with van der Waals surface area (Å²) in [4.78, 5) is 32.7. The van der Waals surface area contributed by atoms with Gasteiger partial charge in [0.15, 0.2) is 5.65 Å². The molecule has 0 bridgehead atoms. The van der Waals surface area contributed by atoms with Crippen LogP contribution in [-0.2, 0) is 4.79 Å². The van der Waals surface area contributed by atoms with Gasteiger partial charge in [-0.2, -0.15) is 5.10 Å². The first kappa shape index (κ1) is 22.5. The topological polar surface area (TPSA) is 113 Å². The Morgan fingerprint density at radius 1 is 1.16 bits per heavy atom. The predicted octanol–water partition coefficient (Wildman–Crippen LogP) is 2.91. The van der Waals surface area contributed by atoms with Crippen molar-refractivity contribution in [1.82, 2.24) is 30.2 Å². The number of hydrogen-bond acceptors (Lipinski definition) is 6. The molecule has 31 heavy (non-hydrogen) atoms. The van der Waals surface area contributed by atoms with Gasteiger partial charge >= 0.3 is 0 Å². The van der Waals surface area contributed by atoms with Crippen LogP contribution in [0.2, 0.25) is 5.02 Å². The molecule has 0 aliphatic heterocycles. The summed E-state index contributed by atoms with van der Waals surface area (Å²) in [5.41, 5.74) is 3.11. The molecular formula is C21H26ClN7O2. The molecule has 9 nitrogen and oxygen atoms in total. The van der Waals surface area contributed by atoms with Gasteiger partial charge in [-0.3, -0.25) is 14.6 Å². The molecule has 2 amide bonds. The molecule has 1 unspecified atom stereocenters. The first-order valence-electron chi connectivity index (χ1n) is 10.1. The molecule has 3 aromatic rings. The highest BCUT2D eigenvalue weighted by Crippen LogP contribution is 2.27.